The zero-order valence-corrected chi connectivity index (χ0v) is 17.6. The van der Waals surface area contributed by atoms with Crippen LogP contribution in [0.5, 0.6) is 5.75 Å². The molecule has 1 saturated heterocycles. The van der Waals surface area contributed by atoms with Crippen LogP contribution in [0.25, 0.3) is 11.3 Å². The molecule has 8 nitrogen and oxygen atoms in total. The second kappa shape index (κ2) is 8.92. The van der Waals surface area contributed by atoms with Gasteiger partial charge in [0.15, 0.2) is 0 Å². The van der Waals surface area contributed by atoms with E-state index in [9.17, 15) is 13.5 Å². The van der Waals surface area contributed by atoms with Gasteiger partial charge in [-0.05, 0) is 42.0 Å². The van der Waals surface area contributed by atoms with Crippen molar-refractivity contribution < 1.29 is 18.3 Å². The van der Waals surface area contributed by atoms with Gasteiger partial charge in [0.05, 0.1) is 30.0 Å². The first kappa shape index (κ1) is 20.5. The first-order valence-electron chi connectivity index (χ1n) is 9.24. The lowest BCUT2D eigenvalue weighted by Crippen LogP contribution is -2.40. The van der Waals surface area contributed by atoms with E-state index in [1.54, 1.807) is 48.7 Å². The fourth-order valence-corrected chi connectivity index (χ4v) is 5.05. The topological polar surface area (TPSA) is 104 Å². The maximum Gasteiger partial charge on any atom is 0.243 e. The molecule has 0 aliphatic carbocycles. The van der Waals surface area contributed by atoms with Crippen molar-refractivity contribution in [3.05, 3.63) is 59.5 Å². The number of hydrazone groups is 1. The molecule has 1 aromatic heterocycles. The normalized spacial score (nSPS) is 15.5. The van der Waals surface area contributed by atoms with Gasteiger partial charge in [0.1, 0.15) is 5.75 Å². The highest BCUT2D eigenvalue weighted by molar-refractivity contribution is 7.89. The van der Waals surface area contributed by atoms with Gasteiger partial charge in [-0.2, -0.15) is 9.41 Å². The Morgan fingerprint density at radius 1 is 1.17 bits per heavy atom. The lowest BCUT2D eigenvalue weighted by molar-refractivity contribution is 0.0730. The van der Waals surface area contributed by atoms with Crippen LogP contribution in [0.3, 0.4) is 0 Å². The third-order valence-corrected chi connectivity index (χ3v) is 7.15. The highest BCUT2D eigenvalue weighted by Crippen LogP contribution is 2.28. The van der Waals surface area contributed by atoms with Crippen molar-refractivity contribution in [2.45, 2.75) is 4.90 Å². The SMILES string of the molecule is O=S(=O)(c1cccc(-c2csc(NN=Cc3ccc(O)cc3)n2)c1)N1CCOCC1. The number of phenolic OH excluding ortho intramolecular Hbond substituents is 1. The van der Waals surface area contributed by atoms with Crippen molar-refractivity contribution >= 4 is 32.7 Å². The van der Waals surface area contributed by atoms with Gasteiger partial charge in [0, 0.05) is 24.0 Å². The first-order valence-corrected chi connectivity index (χ1v) is 11.6. The number of aromatic nitrogens is 1. The minimum atomic E-state index is -3.56. The number of ether oxygens (including phenoxy) is 1. The van der Waals surface area contributed by atoms with Crippen molar-refractivity contribution in [1.29, 1.82) is 0 Å². The van der Waals surface area contributed by atoms with Crippen LogP contribution in [0, 0.1) is 0 Å². The predicted octanol–water partition coefficient (Wildman–Crippen LogP) is 2.98. The largest absolute Gasteiger partial charge is 0.508 e. The molecule has 10 heteroatoms. The quantitative estimate of drug-likeness (QED) is 0.447. The Morgan fingerprint density at radius 2 is 1.93 bits per heavy atom. The number of benzene rings is 2. The summed E-state index contributed by atoms with van der Waals surface area (Å²) in [6.45, 7) is 1.53. The standard InChI is InChI=1S/C20H20N4O4S2/c25-17-6-4-15(5-7-17)13-21-23-20-22-19(14-29-20)16-2-1-3-18(12-16)30(26,27)24-8-10-28-11-9-24/h1-7,12-14,25H,8-11H2,(H,22,23). The van der Waals surface area contributed by atoms with Gasteiger partial charge in [0.2, 0.25) is 15.2 Å². The molecule has 1 fully saturated rings. The maximum absolute atomic E-state index is 12.9. The monoisotopic (exact) mass is 444 g/mol. The number of anilines is 1. The molecular weight excluding hydrogens is 424 g/mol. The highest BCUT2D eigenvalue weighted by Gasteiger charge is 2.26. The number of nitrogens with zero attached hydrogens (tertiary/aromatic N) is 3. The number of morpholine rings is 1. The number of aromatic hydroxyl groups is 1. The van der Waals surface area contributed by atoms with Crippen molar-refractivity contribution in [3.8, 4) is 17.0 Å². The zero-order valence-electron chi connectivity index (χ0n) is 15.9. The van der Waals surface area contributed by atoms with Gasteiger partial charge >= 0.3 is 0 Å². The number of sulfonamides is 1. The highest BCUT2D eigenvalue weighted by atomic mass is 32.2. The summed E-state index contributed by atoms with van der Waals surface area (Å²) in [6, 6.07) is 13.4. The van der Waals surface area contributed by atoms with Gasteiger partial charge in [-0.3, -0.25) is 5.43 Å². The molecule has 0 radical (unpaired) electrons. The fraction of sp³-hybridized carbons (Fsp3) is 0.200. The van der Waals surface area contributed by atoms with Crippen LogP contribution >= 0.6 is 11.3 Å². The molecule has 2 heterocycles. The molecule has 3 aromatic rings. The predicted molar refractivity (Wildman–Crippen MR) is 116 cm³/mol. The molecule has 4 rings (SSSR count). The number of nitrogens with one attached hydrogen (secondary N) is 1. The maximum atomic E-state index is 12.9. The third kappa shape index (κ3) is 4.68. The van der Waals surface area contributed by atoms with E-state index in [0.29, 0.717) is 37.1 Å². The third-order valence-electron chi connectivity index (χ3n) is 4.51. The van der Waals surface area contributed by atoms with Gasteiger partial charge in [0.25, 0.3) is 0 Å². The molecule has 2 aromatic carbocycles. The van der Waals surface area contributed by atoms with Gasteiger partial charge in [-0.1, -0.05) is 12.1 Å². The van der Waals surface area contributed by atoms with Crippen molar-refractivity contribution in [3.63, 3.8) is 0 Å². The summed E-state index contributed by atoms with van der Waals surface area (Å²) in [6.07, 6.45) is 1.62. The van der Waals surface area contributed by atoms with Gasteiger partial charge < -0.3 is 9.84 Å². The number of thiazole rings is 1. The number of hydrogen-bond acceptors (Lipinski definition) is 8. The second-order valence-electron chi connectivity index (χ2n) is 6.54. The summed E-state index contributed by atoms with van der Waals surface area (Å²) < 4.78 is 32.5. The summed E-state index contributed by atoms with van der Waals surface area (Å²) in [7, 11) is -3.56. The van der Waals surface area contributed by atoms with Crippen LogP contribution < -0.4 is 5.43 Å². The first-order chi connectivity index (χ1) is 14.5. The van der Waals surface area contributed by atoms with Crippen LogP contribution in [-0.4, -0.2) is 55.3 Å². The molecule has 0 unspecified atom stereocenters. The Bertz CT molecular complexity index is 1140. The number of rotatable bonds is 6. The Kier molecular flexibility index (Phi) is 6.09. The summed E-state index contributed by atoms with van der Waals surface area (Å²) in [4.78, 5) is 4.73. The van der Waals surface area contributed by atoms with Crippen LogP contribution in [-0.2, 0) is 14.8 Å². The molecule has 0 bridgehead atoms. The van der Waals surface area contributed by atoms with Gasteiger partial charge in [-0.15, -0.1) is 11.3 Å². The van der Waals surface area contributed by atoms with Gasteiger partial charge in [-0.25, -0.2) is 13.4 Å². The van der Waals surface area contributed by atoms with E-state index in [1.807, 2.05) is 11.4 Å². The van der Waals surface area contributed by atoms with E-state index in [-0.39, 0.29) is 10.6 Å². The summed E-state index contributed by atoms with van der Waals surface area (Å²) in [5, 5.41) is 15.9. The average molecular weight is 445 g/mol. The smallest absolute Gasteiger partial charge is 0.243 e. The summed E-state index contributed by atoms with van der Waals surface area (Å²) in [5.74, 6) is 0.197. The Morgan fingerprint density at radius 3 is 2.70 bits per heavy atom. The minimum Gasteiger partial charge on any atom is -0.508 e. The van der Waals surface area contributed by atoms with E-state index >= 15 is 0 Å². The molecule has 1 aliphatic heterocycles. The Balaban J connectivity index is 1.48. The Labute approximate surface area is 178 Å². The Hall–Kier alpha value is -2.79. The van der Waals surface area contributed by atoms with E-state index < -0.39 is 10.0 Å². The molecule has 0 saturated carbocycles. The average Bonchev–Trinajstić information content (AvgIpc) is 3.25. The second-order valence-corrected chi connectivity index (χ2v) is 9.34. The zero-order chi connectivity index (χ0) is 21.0. The molecule has 0 atom stereocenters. The molecule has 0 amide bonds. The van der Waals surface area contributed by atoms with Crippen molar-refractivity contribution in [2.75, 3.05) is 31.7 Å². The lowest BCUT2D eigenvalue weighted by atomic mass is 10.2. The molecule has 1 aliphatic rings. The molecule has 156 valence electrons. The molecule has 0 spiro atoms. The molecular formula is C20H20N4O4S2. The van der Waals surface area contributed by atoms with E-state index in [2.05, 4.69) is 15.5 Å². The minimum absolute atomic E-state index is 0.197. The van der Waals surface area contributed by atoms with E-state index in [0.717, 1.165) is 11.1 Å². The van der Waals surface area contributed by atoms with Crippen LogP contribution in [0.1, 0.15) is 5.56 Å². The van der Waals surface area contributed by atoms with Crippen LogP contribution in [0.2, 0.25) is 0 Å². The van der Waals surface area contributed by atoms with Crippen molar-refractivity contribution in [1.82, 2.24) is 9.29 Å². The lowest BCUT2D eigenvalue weighted by Gasteiger charge is -2.26. The van der Waals surface area contributed by atoms with Crippen molar-refractivity contribution in [2.24, 2.45) is 5.10 Å². The number of phenols is 1. The summed E-state index contributed by atoms with van der Waals surface area (Å²) in [5.41, 5.74) is 5.09. The van der Waals surface area contributed by atoms with E-state index in [4.69, 9.17) is 4.74 Å². The van der Waals surface area contributed by atoms with Crippen LogP contribution in [0.15, 0.2) is 63.9 Å². The molecule has 30 heavy (non-hydrogen) atoms. The number of hydrogen-bond donors (Lipinski definition) is 2. The fourth-order valence-electron chi connectivity index (χ4n) is 2.93. The van der Waals surface area contributed by atoms with E-state index in [1.165, 1.54) is 15.6 Å². The van der Waals surface area contributed by atoms with Crippen LogP contribution in [0.4, 0.5) is 5.13 Å². The molecule has 2 N–H and O–H groups in total. The summed E-state index contributed by atoms with van der Waals surface area (Å²) >= 11 is 1.37.